The quantitative estimate of drug-likeness (QED) is 0.0261. The predicted molar refractivity (Wildman–Crippen MR) is 298 cm³/mol. The fourth-order valence-corrected chi connectivity index (χ4v) is 5.18. The number of hydrogen-bond donors (Lipinski definition) is 8. The molecule has 0 aliphatic heterocycles. The number of anilines is 1. The molecule has 0 spiro atoms. The normalized spacial score (nSPS) is 10.2. The van der Waals surface area contributed by atoms with Crippen LogP contribution >= 0.6 is 0 Å². The van der Waals surface area contributed by atoms with Gasteiger partial charge in [0, 0.05) is 68.4 Å². The van der Waals surface area contributed by atoms with Crippen LogP contribution in [-0.2, 0) is 82.8 Å². The number of benzene rings is 1. The Labute approximate surface area is 464 Å². The van der Waals surface area contributed by atoms with Gasteiger partial charge < -0.3 is 86.0 Å². The molecule has 10 N–H and O–H groups in total. The largest absolute Gasteiger partial charge is 0.461 e. The van der Waals surface area contributed by atoms with Crippen LogP contribution in [0.3, 0.4) is 0 Å². The highest BCUT2D eigenvalue weighted by Gasteiger charge is 2.16. The van der Waals surface area contributed by atoms with Gasteiger partial charge >= 0.3 is 5.97 Å². The second-order valence-electron chi connectivity index (χ2n) is 16.8. The number of ether oxygens (including phenoxy) is 9. The van der Waals surface area contributed by atoms with Crippen LogP contribution < -0.4 is 43.4 Å². The van der Waals surface area contributed by atoms with Gasteiger partial charge in [0.2, 0.25) is 31.0 Å². The summed E-state index contributed by atoms with van der Waals surface area (Å²) < 4.78 is 47.8. The van der Waals surface area contributed by atoms with Gasteiger partial charge in [-0.2, -0.15) is 0 Å². The van der Waals surface area contributed by atoms with Crippen LogP contribution in [0.1, 0.15) is 103 Å². The van der Waals surface area contributed by atoms with E-state index in [1.54, 1.807) is 26.0 Å². The van der Waals surface area contributed by atoms with E-state index in [0.29, 0.717) is 136 Å². The maximum atomic E-state index is 12.7. The van der Waals surface area contributed by atoms with Crippen molar-refractivity contribution in [1.82, 2.24) is 26.6 Å². The lowest BCUT2D eigenvalue weighted by molar-refractivity contribution is -0.148. The van der Waals surface area contributed by atoms with E-state index < -0.39 is 5.91 Å². The van der Waals surface area contributed by atoms with E-state index in [1.165, 1.54) is 12.5 Å². The second kappa shape index (κ2) is 64.3. The van der Waals surface area contributed by atoms with E-state index in [4.69, 9.17) is 53.2 Å². The number of rotatable bonds is 46. The van der Waals surface area contributed by atoms with Gasteiger partial charge in [-0.15, -0.1) is 0 Å². The zero-order valence-electron chi connectivity index (χ0n) is 48.2. The number of primary amides is 1. The molecule has 6 amide bonds. The van der Waals surface area contributed by atoms with Crippen molar-refractivity contribution in [2.75, 3.05) is 157 Å². The van der Waals surface area contributed by atoms with Gasteiger partial charge in [-0.05, 0) is 45.0 Å². The highest BCUT2D eigenvalue weighted by atomic mass is 16.6. The maximum absolute atomic E-state index is 12.7. The molecule has 25 heteroatoms. The van der Waals surface area contributed by atoms with Gasteiger partial charge in [-0.25, -0.2) is 0 Å². The van der Waals surface area contributed by atoms with Crippen LogP contribution in [0, 0.1) is 11.8 Å². The van der Waals surface area contributed by atoms with Crippen molar-refractivity contribution in [3.8, 4) is 0 Å². The van der Waals surface area contributed by atoms with Crippen molar-refractivity contribution in [2.24, 2.45) is 23.3 Å². The first-order valence-electron chi connectivity index (χ1n) is 26.8. The zero-order chi connectivity index (χ0) is 59.1. The lowest BCUT2D eigenvalue weighted by Gasteiger charge is -2.13. The Balaban J connectivity index is -0.000000579. The molecular weight excluding hydrogens is 1020 g/mol. The van der Waals surface area contributed by atoms with Gasteiger partial charge in [0.05, 0.1) is 112 Å². The summed E-state index contributed by atoms with van der Waals surface area (Å²) in [7, 11) is 1.90. The van der Waals surface area contributed by atoms with E-state index in [1.807, 2.05) is 20.9 Å². The zero-order valence-corrected chi connectivity index (χ0v) is 48.2. The van der Waals surface area contributed by atoms with Crippen molar-refractivity contribution < 1.29 is 81.0 Å². The molecule has 0 radical (unpaired) electrons. The summed E-state index contributed by atoms with van der Waals surface area (Å²) >= 11 is 0. The summed E-state index contributed by atoms with van der Waals surface area (Å²) in [6, 6.07) is 4.71. The van der Waals surface area contributed by atoms with Crippen LogP contribution in [0.4, 0.5) is 5.69 Å². The second-order valence-corrected chi connectivity index (χ2v) is 16.8. The lowest BCUT2D eigenvalue weighted by Crippen LogP contribution is -2.35. The third kappa shape index (κ3) is 60.0. The molecule has 1 aromatic rings. The summed E-state index contributed by atoms with van der Waals surface area (Å²) in [5.41, 5.74) is 10.6. The Kier molecular flexibility index (Phi) is 65.4. The van der Waals surface area contributed by atoms with Crippen LogP contribution in [0.5, 0.6) is 0 Å². The van der Waals surface area contributed by atoms with Crippen molar-refractivity contribution >= 4 is 54.4 Å². The summed E-state index contributed by atoms with van der Waals surface area (Å²) in [5.74, 6) is -1.14. The van der Waals surface area contributed by atoms with Gasteiger partial charge in [0.25, 0.3) is 5.91 Å². The van der Waals surface area contributed by atoms with Crippen molar-refractivity contribution in [1.29, 1.82) is 0 Å². The van der Waals surface area contributed by atoms with E-state index in [9.17, 15) is 33.6 Å². The van der Waals surface area contributed by atoms with Crippen LogP contribution in [0.25, 0.3) is 0 Å². The molecule has 0 fully saturated rings. The lowest BCUT2D eigenvalue weighted by atomic mass is 10.1. The minimum Gasteiger partial charge on any atom is -0.461 e. The van der Waals surface area contributed by atoms with Gasteiger partial charge in [0.15, 0.2) is 0 Å². The van der Waals surface area contributed by atoms with Crippen molar-refractivity contribution in [2.45, 2.75) is 93.6 Å². The number of ketones is 1. The minimum absolute atomic E-state index is 0.0650. The smallest absolute Gasteiger partial charge is 0.308 e. The number of hydrogen-bond acceptors (Lipinski definition) is 19. The third-order valence-electron chi connectivity index (χ3n) is 9.13. The highest BCUT2D eigenvalue weighted by Crippen LogP contribution is 2.17. The Bertz CT molecular complexity index is 1600. The Morgan fingerprint density at radius 3 is 1.50 bits per heavy atom. The average Bonchev–Trinajstić information content (AvgIpc) is 3.42. The van der Waals surface area contributed by atoms with Crippen LogP contribution in [0.15, 0.2) is 18.2 Å². The number of esters is 1. The molecule has 0 aliphatic rings. The first kappa shape index (κ1) is 79.3. The van der Waals surface area contributed by atoms with Crippen molar-refractivity contribution in [3.63, 3.8) is 0 Å². The topological polar surface area (TPSA) is 344 Å². The first-order valence-corrected chi connectivity index (χ1v) is 26.8. The Hall–Kier alpha value is -5.22. The molecule has 0 heterocycles. The Morgan fingerprint density at radius 1 is 0.577 bits per heavy atom. The first-order chi connectivity index (χ1) is 37.7. The van der Waals surface area contributed by atoms with E-state index in [0.717, 1.165) is 32.4 Å². The monoisotopic (exact) mass is 1120 g/mol. The summed E-state index contributed by atoms with van der Waals surface area (Å²) in [4.78, 5) is 87.9. The van der Waals surface area contributed by atoms with E-state index >= 15 is 0 Å². The van der Waals surface area contributed by atoms with Crippen molar-refractivity contribution in [3.05, 3.63) is 29.3 Å². The molecule has 1 aromatic carbocycles. The molecule has 0 bridgehead atoms. The number of nitrogens with one attached hydrogen (secondary N) is 6. The molecule has 0 aromatic heterocycles. The van der Waals surface area contributed by atoms with E-state index in [-0.39, 0.29) is 86.6 Å². The summed E-state index contributed by atoms with van der Waals surface area (Å²) in [6.45, 7) is 24.1. The molecule has 0 saturated heterocycles. The number of carbonyl (C=O) groups is 8. The third-order valence-corrected chi connectivity index (χ3v) is 9.13. The molecule has 1 rings (SSSR count). The van der Waals surface area contributed by atoms with Crippen LogP contribution in [0.2, 0.25) is 0 Å². The maximum Gasteiger partial charge on any atom is 0.308 e. The number of amides is 6. The fraction of sp³-hybridized carbons (Fsp3) is 0.736. The molecule has 0 unspecified atom stereocenters. The SMILES string of the molecule is CC(C)C(=O)OCc1ccc(NC=O)cc1C(=O)NCCNC(=O)CCOCCOCCOCCOCCN.CCC.CCCOCCOCCOCCOCCC(=O)C(C)C.CNCCCCNC(=O)CNC=O.NC=O. The van der Waals surface area contributed by atoms with Gasteiger partial charge in [-0.3, -0.25) is 38.4 Å². The van der Waals surface area contributed by atoms with E-state index in [2.05, 4.69) is 58.4 Å². The van der Waals surface area contributed by atoms with Gasteiger partial charge in [-0.1, -0.05) is 61.0 Å². The fourth-order valence-electron chi connectivity index (χ4n) is 5.18. The number of nitrogens with two attached hydrogens (primary N) is 2. The molecule has 0 atom stereocenters. The van der Waals surface area contributed by atoms with Crippen LogP contribution in [-0.4, -0.2) is 201 Å². The molecule has 0 aliphatic carbocycles. The molecule has 0 saturated carbocycles. The molecule has 454 valence electrons. The molecule has 78 heavy (non-hydrogen) atoms. The minimum atomic E-state index is -0.428. The summed E-state index contributed by atoms with van der Waals surface area (Å²) in [5, 5.41) is 15.9. The van der Waals surface area contributed by atoms with Gasteiger partial charge in [0.1, 0.15) is 12.4 Å². The predicted octanol–water partition coefficient (Wildman–Crippen LogP) is 1.66. The number of Topliss-reactive ketones (excluding diaryl/α,β-unsaturated/α-hetero) is 1. The summed E-state index contributed by atoms with van der Waals surface area (Å²) in [6.07, 6.45) is 6.20. The number of carbonyl (C=O) groups excluding carboxylic acids is 8. The Morgan fingerprint density at radius 2 is 1.04 bits per heavy atom. The molecule has 25 nitrogen and oxygen atoms in total. The average molecular weight is 1120 g/mol. The highest BCUT2D eigenvalue weighted by molar-refractivity contribution is 5.97. The standard InChI is InChI=1S/C26H42N4O9.C15H30O5.C8H17N3O2.C3H8.CH3NO/c1-20(2)26(34)39-18-21-3-4-22(30-19-31)17-23(21)25(33)29-8-7-28-24(32)5-9-35-11-13-37-15-16-38-14-12-36-10-6-27;1-4-6-17-8-10-19-12-13-20-11-9-18-7-5-15(16)14(2)3;1-9-4-2-3-5-11-8(13)6-10-7-12;1-3-2;2-1-3/h3-4,17,19-20H,5-16,18,27H2,1-2H3,(H,28,32)(H,29,33)(H,30,31);14H,4-13H2,1-3H3;7,9H,2-6H2,1H3,(H,10,12)(H,11,13);3H2,1-2H3;1H,(H2,2,3). The molecular formula is C53H100N8O17. The number of unbranched alkanes of at least 4 members (excludes halogenated alkanes) is 1.